The first-order valence-corrected chi connectivity index (χ1v) is 11.6. The summed E-state index contributed by atoms with van der Waals surface area (Å²) in [5, 5.41) is 0. The van der Waals surface area contributed by atoms with E-state index >= 15 is 0 Å². The minimum Gasteiger partial charge on any atom is -0.253 e. The highest BCUT2D eigenvalue weighted by Gasteiger charge is 2.38. The van der Waals surface area contributed by atoms with Crippen molar-refractivity contribution in [3.05, 3.63) is 53.2 Å². The summed E-state index contributed by atoms with van der Waals surface area (Å²) >= 11 is 0. The minimum atomic E-state index is -0.872. The Morgan fingerprint density at radius 1 is 1.04 bits per heavy atom. The van der Waals surface area contributed by atoms with Crippen molar-refractivity contribution in [1.29, 1.82) is 0 Å². The molecule has 0 fully saturated rings. The third-order valence-electron chi connectivity index (χ3n) is 5.85. The lowest BCUT2D eigenvalue weighted by Crippen LogP contribution is -2.33. The number of fused-ring (bicyclic) bond motifs is 4. The second-order valence-electron chi connectivity index (χ2n) is 8.69. The summed E-state index contributed by atoms with van der Waals surface area (Å²) in [5.41, 5.74) is 6.77. The molecule has 0 N–H and O–H groups in total. The number of aromatic nitrogens is 1. The van der Waals surface area contributed by atoms with Crippen molar-refractivity contribution in [3.63, 3.8) is 0 Å². The van der Waals surface area contributed by atoms with Crippen LogP contribution in [0.5, 0.6) is 0 Å². The molecule has 0 amide bonds. The lowest BCUT2D eigenvalue weighted by molar-refractivity contribution is 0.662. The second-order valence-corrected chi connectivity index (χ2v) is 12.2. The predicted molar refractivity (Wildman–Crippen MR) is 121 cm³/mol. The fraction of sp³-hybridized carbons (Fsp3) is 0.522. The molecule has 3 atom stereocenters. The van der Waals surface area contributed by atoms with Crippen LogP contribution in [0.1, 0.15) is 76.6 Å². The molecule has 0 saturated heterocycles. The summed E-state index contributed by atoms with van der Waals surface area (Å²) in [6.45, 7) is 13.7. The normalized spacial score (nSPS) is 24.7. The SMILES string of the molecule is [B]C1([B])c2cccc(n2)-c2c(C(C)C)cccc2C(C)CC(C)P1C(C)C. The zero-order chi connectivity index (χ0) is 19.9. The molecule has 2 bridgehead atoms. The van der Waals surface area contributed by atoms with Gasteiger partial charge in [0.05, 0.1) is 21.4 Å². The van der Waals surface area contributed by atoms with Gasteiger partial charge in [0.15, 0.2) is 0 Å². The predicted octanol–water partition coefficient (Wildman–Crippen LogP) is 6.11. The van der Waals surface area contributed by atoms with E-state index in [-0.39, 0.29) is 0 Å². The molecule has 0 aliphatic carbocycles. The van der Waals surface area contributed by atoms with E-state index < -0.39 is 12.9 Å². The van der Waals surface area contributed by atoms with Crippen molar-refractivity contribution in [2.45, 2.75) is 76.1 Å². The Morgan fingerprint density at radius 3 is 2.33 bits per heavy atom. The molecule has 138 valence electrons. The molecule has 4 heteroatoms. The van der Waals surface area contributed by atoms with Gasteiger partial charge < -0.3 is 0 Å². The van der Waals surface area contributed by atoms with Gasteiger partial charge in [0, 0.05) is 11.3 Å². The van der Waals surface area contributed by atoms with Gasteiger partial charge in [0.25, 0.3) is 0 Å². The summed E-state index contributed by atoms with van der Waals surface area (Å²) < 4.78 is 0. The molecule has 0 saturated carbocycles. The fourth-order valence-electron chi connectivity index (χ4n) is 4.76. The Bertz CT molecular complexity index is 816. The van der Waals surface area contributed by atoms with Crippen LogP contribution >= 0.6 is 7.92 Å². The van der Waals surface area contributed by atoms with Gasteiger partial charge in [-0.1, -0.05) is 65.8 Å². The Hall–Kier alpha value is -1.07. The molecule has 27 heavy (non-hydrogen) atoms. The first kappa shape index (κ1) is 20.7. The molecule has 1 aromatic carbocycles. The lowest BCUT2D eigenvalue weighted by Gasteiger charge is -2.44. The van der Waals surface area contributed by atoms with Gasteiger partial charge >= 0.3 is 0 Å². The minimum absolute atomic E-state index is 0.436. The van der Waals surface area contributed by atoms with Crippen LogP contribution in [-0.4, -0.2) is 32.0 Å². The lowest BCUT2D eigenvalue weighted by atomic mass is 9.67. The Kier molecular flexibility index (Phi) is 5.93. The first-order valence-electron chi connectivity index (χ1n) is 10.1. The molecule has 4 radical (unpaired) electrons. The first-order chi connectivity index (χ1) is 12.6. The van der Waals surface area contributed by atoms with Crippen molar-refractivity contribution in [2.75, 3.05) is 0 Å². The third kappa shape index (κ3) is 3.77. The maximum atomic E-state index is 6.81. The van der Waals surface area contributed by atoms with Gasteiger partial charge in [0.2, 0.25) is 0 Å². The van der Waals surface area contributed by atoms with Crippen LogP contribution < -0.4 is 0 Å². The highest BCUT2D eigenvalue weighted by Crippen LogP contribution is 2.61. The maximum absolute atomic E-state index is 6.81. The molecule has 1 nitrogen and oxygen atoms in total. The van der Waals surface area contributed by atoms with Gasteiger partial charge in [-0.15, -0.1) is 7.92 Å². The summed E-state index contributed by atoms with van der Waals surface area (Å²) in [6, 6.07) is 12.9. The van der Waals surface area contributed by atoms with Crippen LogP contribution in [0.25, 0.3) is 11.3 Å². The highest BCUT2D eigenvalue weighted by molar-refractivity contribution is 7.63. The van der Waals surface area contributed by atoms with E-state index in [1.807, 2.05) is 6.07 Å². The second kappa shape index (κ2) is 7.75. The Morgan fingerprint density at radius 2 is 1.70 bits per heavy atom. The molecule has 1 aliphatic rings. The van der Waals surface area contributed by atoms with E-state index in [2.05, 4.69) is 71.9 Å². The van der Waals surface area contributed by atoms with Crippen LogP contribution in [-0.2, 0) is 4.95 Å². The number of nitrogens with zero attached hydrogens (tertiary/aromatic N) is 1. The summed E-state index contributed by atoms with van der Waals surface area (Å²) in [6.07, 6.45) is 1.10. The van der Waals surface area contributed by atoms with Crippen molar-refractivity contribution < 1.29 is 0 Å². The average Bonchev–Trinajstić information content (AvgIpc) is 2.59. The number of hydrogen-bond acceptors (Lipinski definition) is 1. The van der Waals surface area contributed by atoms with Crippen molar-refractivity contribution >= 4 is 23.6 Å². The summed E-state index contributed by atoms with van der Waals surface area (Å²) in [5.74, 6) is 0.878. The molecular formula is C23H30B2NP. The van der Waals surface area contributed by atoms with Crippen LogP contribution in [0, 0.1) is 0 Å². The van der Waals surface area contributed by atoms with E-state index in [1.165, 1.54) is 16.7 Å². The standard InChI is InChI=1S/C23H30B2NP/c1-14(2)18-9-7-10-19-16(5)13-17(6)27(15(3)4)23(24,25)21-12-8-11-20(26-21)22(18)19/h7-12,14-17H,13H2,1-6H3. The van der Waals surface area contributed by atoms with Gasteiger partial charge in [0.1, 0.15) is 0 Å². The molecule has 3 unspecified atom stereocenters. The molecule has 3 rings (SSSR count). The quantitative estimate of drug-likeness (QED) is 0.458. The fourth-order valence-corrected chi connectivity index (χ4v) is 8.29. The van der Waals surface area contributed by atoms with Crippen molar-refractivity contribution in [3.8, 4) is 11.3 Å². The van der Waals surface area contributed by atoms with E-state index in [0.29, 0.717) is 23.2 Å². The van der Waals surface area contributed by atoms with E-state index in [1.54, 1.807) is 0 Å². The van der Waals surface area contributed by atoms with Crippen molar-refractivity contribution in [1.82, 2.24) is 4.98 Å². The topological polar surface area (TPSA) is 12.9 Å². The monoisotopic (exact) mass is 373 g/mol. The van der Waals surface area contributed by atoms with E-state index in [4.69, 9.17) is 20.7 Å². The Labute approximate surface area is 169 Å². The molecule has 1 aromatic heterocycles. The smallest absolute Gasteiger partial charge is 0.0766 e. The molecule has 2 aromatic rings. The largest absolute Gasteiger partial charge is 0.253 e. The molecule has 1 aliphatic heterocycles. The zero-order valence-corrected chi connectivity index (χ0v) is 18.4. The van der Waals surface area contributed by atoms with Gasteiger partial charge in [-0.2, -0.15) is 0 Å². The highest BCUT2D eigenvalue weighted by atomic mass is 31.1. The van der Waals surface area contributed by atoms with E-state index in [9.17, 15) is 0 Å². The third-order valence-corrected chi connectivity index (χ3v) is 9.21. The number of benzene rings is 1. The molecule has 2 heterocycles. The molecule has 0 spiro atoms. The Balaban J connectivity index is 2.32. The van der Waals surface area contributed by atoms with Crippen LogP contribution in [0.3, 0.4) is 0 Å². The number of rotatable bonds is 2. The maximum Gasteiger partial charge on any atom is 0.0766 e. The van der Waals surface area contributed by atoms with Crippen molar-refractivity contribution in [2.24, 2.45) is 0 Å². The molecular weight excluding hydrogens is 343 g/mol. The number of hydrogen-bond donors (Lipinski definition) is 0. The van der Waals surface area contributed by atoms with E-state index in [0.717, 1.165) is 17.8 Å². The van der Waals surface area contributed by atoms with Gasteiger partial charge in [-0.3, -0.25) is 4.98 Å². The summed E-state index contributed by atoms with van der Waals surface area (Å²) in [4.78, 5) is 4.17. The van der Waals surface area contributed by atoms with Gasteiger partial charge in [-0.05, 0) is 57.8 Å². The number of pyridine rings is 1. The summed E-state index contributed by atoms with van der Waals surface area (Å²) in [7, 11) is 13.0. The van der Waals surface area contributed by atoms with Gasteiger partial charge in [-0.25, -0.2) is 0 Å². The van der Waals surface area contributed by atoms with Crippen LogP contribution in [0.4, 0.5) is 0 Å². The average molecular weight is 373 g/mol. The van der Waals surface area contributed by atoms with Crippen LogP contribution in [0.2, 0.25) is 0 Å². The van der Waals surface area contributed by atoms with Crippen LogP contribution in [0.15, 0.2) is 36.4 Å². The zero-order valence-electron chi connectivity index (χ0n) is 17.5.